The van der Waals surface area contributed by atoms with Gasteiger partial charge in [-0.2, -0.15) is 0 Å². The molecule has 1 saturated heterocycles. The van der Waals surface area contributed by atoms with Crippen LogP contribution in [0, 0.1) is 13.8 Å². The summed E-state index contributed by atoms with van der Waals surface area (Å²) in [6.07, 6.45) is 4.65. The normalized spacial score (nSPS) is 15.3. The van der Waals surface area contributed by atoms with Crippen LogP contribution in [0.4, 0.5) is 10.8 Å². The third-order valence-corrected chi connectivity index (χ3v) is 5.00. The van der Waals surface area contributed by atoms with Gasteiger partial charge in [-0.1, -0.05) is 30.5 Å². The minimum absolute atomic E-state index is 0.0665. The topological polar surface area (TPSA) is 45.2 Å². The second kappa shape index (κ2) is 7.13. The second-order valence-electron chi connectivity index (χ2n) is 6.19. The zero-order chi connectivity index (χ0) is 16.2. The van der Waals surface area contributed by atoms with E-state index in [0.29, 0.717) is 5.69 Å². The molecule has 1 amide bonds. The van der Waals surface area contributed by atoms with E-state index in [1.807, 2.05) is 10.3 Å². The van der Waals surface area contributed by atoms with Crippen LogP contribution in [0.1, 0.15) is 47.3 Å². The Bertz CT molecular complexity index is 687. The maximum absolute atomic E-state index is 12.6. The van der Waals surface area contributed by atoms with Gasteiger partial charge in [-0.3, -0.25) is 4.79 Å². The van der Waals surface area contributed by atoms with Crippen molar-refractivity contribution in [2.45, 2.75) is 39.5 Å². The van der Waals surface area contributed by atoms with E-state index in [4.69, 9.17) is 0 Å². The van der Waals surface area contributed by atoms with Gasteiger partial charge in [0.25, 0.3) is 5.91 Å². The lowest BCUT2D eigenvalue weighted by molar-refractivity contribution is 0.0756. The molecule has 122 valence electrons. The van der Waals surface area contributed by atoms with Gasteiger partial charge in [0, 0.05) is 24.2 Å². The van der Waals surface area contributed by atoms with Crippen molar-refractivity contribution in [2.75, 3.05) is 18.4 Å². The molecule has 23 heavy (non-hydrogen) atoms. The van der Waals surface area contributed by atoms with Gasteiger partial charge in [0.2, 0.25) is 0 Å². The average molecular weight is 329 g/mol. The van der Waals surface area contributed by atoms with E-state index < -0.39 is 0 Å². The fourth-order valence-corrected chi connectivity index (χ4v) is 3.63. The Morgan fingerprint density at radius 3 is 2.61 bits per heavy atom. The number of aryl methyl sites for hydroxylation is 2. The number of benzene rings is 1. The summed E-state index contributed by atoms with van der Waals surface area (Å²) < 4.78 is 0. The Balaban J connectivity index is 1.71. The van der Waals surface area contributed by atoms with Crippen molar-refractivity contribution in [3.05, 3.63) is 40.4 Å². The summed E-state index contributed by atoms with van der Waals surface area (Å²) in [5.41, 5.74) is 4.02. The number of thiazole rings is 1. The lowest BCUT2D eigenvalue weighted by Gasteiger charge is -2.18. The molecule has 0 bridgehead atoms. The van der Waals surface area contributed by atoms with Gasteiger partial charge < -0.3 is 10.2 Å². The van der Waals surface area contributed by atoms with Crippen LogP contribution in [0.15, 0.2) is 23.6 Å². The van der Waals surface area contributed by atoms with E-state index in [9.17, 15) is 4.79 Å². The van der Waals surface area contributed by atoms with Crippen molar-refractivity contribution in [2.24, 2.45) is 0 Å². The number of hydrogen-bond donors (Lipinski definition) is 1. The van der Waals surface area contributed by atoms with E-state index in [1.54, 1.807) is 0 Å². The number of nitrogens with zero attached hydrogens (tertiary/aromatic N) is 2. The summed E-state index contributed by atoms with van der Waals surface area (Å²) in [6, 6.07) is 6.27. The molecule has 1 aliphatic heterocycles. The van der Waals surface area contributed by atoms with Gasteiger partial charge in [0.1, 0.15) is 5.69 Å². The third kappa shape index (κ3) is 3.91. The highest BCUT2D eigenvalue weighted by Gasteiger charge is 2.20. The molecule has 0 unspecified atom stereocenters. The molecule has 3 rings (SSSR count). The molecule has 4 nitrogen and oxygen atoms in total. The van der Waals surface area contributed by atoms with Gasteiger partial charge in [-0.15, -0.1) is 11.3 Å². The summed E-state index contributed by atoms with van der Waals surface area (Å²) >= 11 is 1.49. The lowest BCUT2D eigenvalue weighted by atomic mass is 10.1. The third-order valence-electron chi connectivity index (χ3n) is 4.24. The number of aromatic nitrogens is 1. The molecule has 1 N–H and O–H groups in total. The molecule has 2 heterocycles. The molecule has 0 saturated carbocycles. The van der Waals surface area contributed by atoms with Crippen LogP contribution in [-0.2, 0) is 0 Å². The van der Waals surface area contributed by atoms with Gasteiger partial charge >= 0.3 is 0 Å². The largest absolute Gasteiger partial charge is 0.337 e. The number of carbonyl (C=O) groups excluding carboxylic acids is 1. The average Bonchev–Trinajstić information content (AvgIpc) is 2.82. The monoisotopic (exact) mass is 329 g/mol. The molecule has 0 atom stereocenters. The lowest BCUT2D eigenvalue weighted by Crippen LogP contribution is -2.32. The number of nitrogens with one attached hydrogen (secondary N) is 1. The zero-order valence-corrected chi connectivity index (χ0v) is 14.6. The Labute approximate surface area is 141 Å². The molecule has 0 spiro atoms. The minimum atomic E-state index is 0.0665. The number of carbonyl (C=O) groups is 1. The Morgan fingerprint density at radius 2 is 1.91 bits per heavy atom. The molecule has 5 heteroatoms. The maximum atomic E-state index is 12.6. The standard InChI is InChI=1S/C18H23N3OS/c1-13-7-8-15(14(2)11-13)19-18-20-16(12-23-18)17(22)21-9-5-3-4-6-10-21/h7-8,11-12H,3-6,9-10H2,1-2H3,(H,19,20). The fourth-order valence-electron chi connectivity index (χ4n) is 2.93. The highest BCUT2D eigenvalue weighted by atomic mass is 32.1. The van der Waals surface area contributed by atoms with Gasteiger partial charge in [0.15, 0.2) is 5.13 Å². The molecule has 0 radical (unpaired) electrons. The number of hydrogen-bond acceptors (Lipinski definition) is 4. The van der Waals surface area contributed by atoms with Gasteiger partial charge in [0.05, 0.1) is 0 Å². The maximum Gasteiger partial charge on any atom is 0.273 e. The number of anilines is 2. The predicted molar refractivity (Wildman–Crippen MR) is 95.7 cm³/mol. The smallest absolute Gasteiger partial charge is 0.273 e. The molecule has 0 aliphatic carbocycles. The summed E-state index contributed by atoms with van der Waals surface area (Å²) in [5.74, 6) is 0.0665. The van der Waals surface area contributed by atoms with Crippen LogP contribution >= 0.6 is 11.3 Å². The number of likely N-dealkylation sites (tertiary alicyclic amines) is 1. The minimum Gasteiger partial charge on any atom is -0.337 e. The van der Waals surface area contributed by atoms with Crippen LogP contribution in [0.3, 0.4) is 0 Å². The molecular weight excluding hydrogens is 306 g/mol. The molecular formula is C18H23N3OS. The van der Waals surface area contributed by atoms with Crippen LogP contribution in [0.2, 0.25) is 0 Å². The SMILES string of the molecule is Cc1ccc(Nc2nc(C(=O)N3CCCCCC3)cs2)c(C)c1. The van der Waals surface area contributed by atoms with Crippen LogP contribution in [0.25, 0.3) is 0 Å². The van der Waals surface area contributed by atoms with Crippen LogP contribution < -0.4 is 5.32 Å². The Hall–Kier alpha value is -1.88. The zero-order valence-electron chi connectivity index (χ0n) is 13.8. The van der Waals surface area contributed by atoms with Crippen molar-refractivity contribution in [3.8, 4) is 0 Å². The highest BCUT2D eigenvalue weighted by Crippen LogP contribution is 2.25. The summed E-state index contributed by atoms with van der Waals surface area (Å²) in [7, 11) is 0. The molecule has 1 aromatic carbocycles. The first-order chi connectivity index (χ1) is 11.1. The quantitative estimate of drug-likeness (QED) is 0.900. The van der Waals surface area contributed by atoms with E-state index in [0.717, 1.165) is 36.8 Å². The number of rotatable bonds is 3. The summed E-state index contributed by atoms with van der Waals surface area (Å²) in [4.78, 5) is 19.0. The van der Waals surface area contributed by atoms with Crippen LogP contribution in [-0.4, -0.2) is 28.9 Å². The molecule has 1 aromatic heterocycles. The van der Waals surface area contributed by atoms with E-state index in [1.165, 1.54) is 35.3 Å². The van der Waals surface area contributed by atoms with Crippen molar-refractivity contribution in [1.82, 2.24) is 9.88 Å². The van der Waals surface area contributed by atoms with E-state index in [-0.39, 0.29) is 5.91 Å². The predicted octanol–water partition coefficient (Wildman–Crippen LogP) is 4.52. The Morgan fingerprint density at radius 1 is 1.17 bits per heavy atom. The van der Waals surface area contributed by atoms with E-state index in [2.05, 4.69) is 42.3 Å². The summed E-state index contributed by atoms with van der Waals surface area (Å²) in [6.45, 7) is 5.87. The van der Waals surface area contributed by atoms with Crippen molar-refractivity contribution >= 4 is 28.1 Å². The summed E-state index contributed by atoms with van der Waals surface area (Å²) in [5, 5.41) is 5.96. The van der Waals surface area contributed by atoms with Crippen molar-refractivity contribution in [3.63, 3.8) is 0 Å². The first-order valence-corrected chi connectivity index (χ1v) is 9.10. The fraction of sp³-hybridized carbons (Fsp3) is 0.444. The van der Waals surface area contributed by atoms with Gasteiger partial charge in [-0.25, -0.2) is 4.98 Å². The highest BCUT2D eigenvalue weighted by molar-refractivity contribution is 7.14. The molecule has 2 aromatic rings. The molecule has 1 fully saturated rings. The molecule has 1 aliphatic rings. The van der Waals surface area contributed by atoms with Crippen molar-refractivity contribution < 1.29 is 4.79 Å². The second-order valence-corrected chi connectivity index (χ2v) is 7.05. The Kier molecular flexibility index (Phi) is 4.96. The first-order valence-electron chi connectivity index (χ1n) is 8.22. The van der Waals surface area contributed by atoms with Gasteiger partial charge in [-0.05, 0) is 38.3 Å². The van der Waals surface area contributed by atoms with Crippen LogP contribution in [0.5, 0.6) is 0 Å². The van der Waals surface area contributed by atoms with E-state index >= 15 is 0 Å². The first kappa shape index (κ1) is 16.0. The van der Waals surface area contributed by atoms with Crippen molar-refractivity contribution in [1.29, 1.82) is 0 Å². The number of amides is 1.